The minimum absolute atomic E-state index is 0.0290. The summed E-state index contributed by atoms with van der Waals surface area (Å²) >= 11 is 0. The van der Waals surface area contributed by atoms with Gasteiger partial charge in [0.1, 0.15) is 0 Å². The molecule has 0 aromatic rings. The Balaban J connectivity index is 1.55. The van der Waals surface area contributed by atoms with Gasteiger partial charge in [0.25, 0.3) is 0 Å². The summed E-state index contributed by atoms with van der Waals surface area (Å²) < 4.78 is 0. The molecule has 5 saturated carbocycles. The molecule has 5 aliphatic rings. The van der Waals surface area contributed by atoms with Gasteiger partial charge in [-0.15, -0.1) is 0 Å². The molecule has 0 heterocycles. The largest absolute Gasteiger partial charge is 0.396 e. The van der Waals surface area contributed by atoms with E-state index in [-0.39, 0.29) is 16.9 Å². The maximum Gasteiger partial charge on any atom is 0.0594 e. The van der Waals surface area contributed by atoms with E-state index < -0.39 is 0 Å². The maximum absolute atomic E-state index is 10.9. The molecule has 0 aromatic carbocycles. The summed E-state index contributed by atoms with van der Waals surface area (Å²) in [6, 6.07) is 0. The van der Waals surface area contributed by atoms with Gasteiger partial charge in [0.05, 0.1) is 6.10 Å². The molecule has 2 nitrogen and oxygen atoms in total. The van der Waals surface area contributed by atoms with Crippen molar-refractivity contribution in [2.24, 2.45) is 56.7 Å². The van der Waals surface area contributed by atoms with E-state index in [2.05, 4.69) is 48.1 Å². The minimum Gasteiger partial charge on any atom is -0.396 e. The zero-order valence-electron chi connectivity index (χ0n) is 21.8. The highest BCUT2D eigenvalue weighted by Gasteiger charge is 2.70. The van der Waals surface area contributed by atoms with Gasteiger partial charge < -0.3 is 10.2 Å². The second-order valence-electron chi connectivity index (χ2n) is 14.6. The van der Waals surface area contributed by atoms with Crippen molar-refractivity contribution < 1.29 is 10.2 Å². The highest BCUT2D eigenvalue weighted by Crippen LogP contribution is 2.77. The molecule has 5 aliphatic carbocycles. The first kappa shape index (κ1) is 23.4. The molecule has 0 aliphatic heterocycles. The lowest BCUT2D eigenvalue weighted by atomic mass is 9.32. The predicted molar refractivity (Wildman–Crippen MR) is 132 cm³/mol. The summed E-state index contributed by atoms with van der Waals surface area (Å²) in [6.45, 7) is 19.7. The number of hydrogen-bond donors (Lipinski definition) is 2. The average molecular weight is 443 g/mol. The molecular weight excluding hydrogens is 392 g/mol. The summed E-state index contributed by atoms with van der Waals surface area (Å²) in [5.74, 6) is 3.33. The van der Waals surface area contributed by atoms with Crippen LogP contribution in [0.3, 0.4) is 0 Å². The number of aliphatic hydroxyl groups excluding tert-OH is 2. The summed E-state index contributed by atoms with van der Waals surface area (Å²) in [5, 5.41) is 21.5. The highest BCUT2D eigenvalue weighted by molar-refractivity contribution is 5.21. The standard InChI is InChI=1S/C30H50O2/c1-19(2)20-10-15-30(18-31)17-16-28(6)21(25(20)30)8-9-23-27(5)13-12-24(32)26(3,4)22(27)11-14-29(23,28)7/h20-25,31-32H,1,8-18H2,2-7H3/t20-,21+,22+,23+,24+,25+,27-,28+,29+,30+/m1/s1. The molecule has 182 valence electrons. The molecule has 0 radical (unpaired) electrons. The highest BCUT2D eigenvalue weighted by atomic mass is 16.3. The quantitative estimate of drug-likeness (QED) is 0.452. The van der Waals surface area contributed by atoms with E-state index in [9.17, 15) is 10.2 Å². The van der Waals surface area contributed by atoms with Crippen LogP contribution in [-0.2, 0) is 0 Å². The van der Waals surface area contributed by atoms with Gasteiger partial charge in [-0.1, -0.05) is 46.8 Å². The second kappa shape index (κ2) is 7.09. The Morgan fingerprint density at radius 3 is 2.19 bits per heavy atom. The van der Waals surface area contributed by atoms with Gasteiger partial charge in [0.15, 0.2) is 0 Å². The van der Waals surface area contributed by atoms with E-state index >= 15 is 0 Å². The fourth-order valence-corrected chi connectivity index (χ4v) is 11.5. The van der Waals surface area contributed by atoms with Crippen molar-refractivity contribution in [1.29, 1.82) is 0 Å². The van der Waals surface area contributed by atoms with Crippen LogP contribution in [0.25, 0.3) is 0 Å². The van der Waals surface area contributed by atoms with Crippen molar-refractivity contribution in [3.63, 3.8) is 0 Å². The molecular formula is C30H50O2. The van der Waals surface area contributed by atoms with Gasteiger partial charge in [-0.2, -0.15) is 0 Å². The third-order valence-electron chi connectivity index (χ3n) is 13.5. The smallest absolute Gasteiger partial charge is 0.0594 e. The van der Waals surface area contributed by atoms with Gasteiger partial charge in [-0.3, -0.25) is 0 Å². The molecule has 0 saturated heterocycles. The summed E-state index contributed by atoms with van der Waals surface area (Å²) in [4.78, 5) is 0. The number of aliphatic hydroxyl groups is 2. The molecule has 5 fully saturated rings. The summed E-state index contributed by atoms with van der Waals surface area (Å²) in [5.41, 5.74) is 2.60. The molecule has 0 aromatic heterocycles. The maximum atomic E-state index is 10.9. The van der Waals surface area contributed by atoms with Crippen LogP contribution in [0.4, 0.5) is 0 Å². The van der Waals surface area contributed by atoms with Crippen LogP contribution in [0.15, 0.2) is 12.2 Å². The number of rotatable bonds is 2. The van der Waals surface area contributed by atoms with Crippen molar-refractivity contribution in [3.05, 3.63) is 12.2 Å². The van der Waals surface area contributed by atoms with E-state index in [0.717, 1.165) is 18.3 Å². The fourth-order valence-electron chi connectivity index (χ4n) is 11.5. The van der Waals surface area contributed by atoms with Crippen molar-refractivity contribution in [3.8, 4) is 0 Å². The summed E-state index contributed by atoms with van der Waals surface area (Å²) in [7, 11) is 0. The van der Waals surface area contributed by atoms with Crippen LogP contribution in [-0.4, -0.2) is 22.9 Å². The molecule has 0 bridgehead atoms. The van der Waals surface area contributed by atoms with Crippen LogP contribution in [0.2, 0.25) is 0 Å². The van der Waals surface area contributed by atoms with Crippen LogP contribution < -0.4 is 0 Å². The lowest BCUT2D eigenvalue weighted by molar-refractivity contribution is -0.249. The first-order valence-electron chi connectivity index (χ1n) is 13.8. The van der Waals surface area contributed by atoms with Crippen LogP contribution in [0, 0.1) is 56.7 Å². The molecule has 32 heavy (non-hydrogen) atoms. The lowest BCUT2D eigenvalue weighted by Gasteiger charge is -2.73. The average Bonchev–Trinajstić information content (AvgIpc) is 3.12. The van der Waals surface area contributed by atoms with Crippen molar-refractivity contribution in [2.45, 2.75) is 112 Å². The second-order valence-corrected chi connectivity index (χ2v) is 14.6. The Morgan fingerprint density at radius 1 is 0.812 bits per heavy atom. The Kier molecular flexibility index (Phi) is 5.19. The normalized spacial score (nSPS) is 56.5. The first-order chi connectivity index (χ1) is 14.9. The van der Waals surface area contributed by atoms with Gasteiger partial charge in [0.2, 0.25) is 0 Å². The van der Waals surface area contributed by atoms with E-state index in [1.54, 1.807) is 0 Å². The van der Waals surface area contributed by atoms with Crippen LogP contribution in [0.5, 0.6) is 0 Å². The number of allylic oxidation sites excluding steroid dienone is 1. The topological polar surface area (TPSA) is 40.5 Å². The first-order valence-corrected chi connectivity index (χ1v) is 13.8. The monoisotopic (exact) mass is 442 g/mol. The number of fused-ring (bicyclic) bond motifs is 7. The fraction of sp³-hybridized carbons (Fsp3) is 0.933. The Hall–Kier alpha value is -0.340. The zero-order valence-corrected chi connectivity index (χ0v) is 21.8. The zero-order chi connectivity index (χ0) is 23.3. The molecule has 0 spiro atoms. The Morgan fingerprint density at radius 2 is 1.53 bits per heavy atom. The van der Waals surface area contributed by atoms with Crippen molar-refractivity contribution in [1.82, 2.24) is 0 Å². The van der Waals surface area contributed by atoms with E-state index in [1.165, 1.54) is 63.4 Å². The number of hydrogen-bond acceptors (Lipinski definition) is 2. The van der Waals surface area contributed by atoms with E-state index in [4.69, 9.17) is 0 Å². The molecule has 10 atom stereocenters. The van der Waals surface area contributed by atoms with Crippen molar-refractivity contribution in [2.75, 3.05) is 6.61 Å². The molecule has 2 N–H and O–H groups in total. The SMILES string of the molecule is C=C(C)[C@H]1CC[C@@]2(CO)CC[C@@]3(C)[C@@H](CC[C@H]4[C@]5(C)CC[C@H](O)C(C)(C)[C@@H]5CC[C@@]43C)[C@H]12. The lowest BCUT2D eigenvalue weighted by Crippen LogP contribution is -2.66. The molecule has 2 heteroatoms. The van der Waals surface area contributed by atoms with Crippen LogP contribution in [0.1, 0.15) is 106 Å². The van der Waals surface area contributed by atoms with E-state index in [0.29, 0.717) is 40.6 Å². The van der Waals surface area contributed by atoms with Gasteiger partial charge in [0, 0.05) is 6.61 Å². The molecule has 5 rings (SSSR count). The molecule has 0 unspecified atom stereocenters. The van der Waals surface area contributed by atoms with E-state index in [1.807, 2.05) is 0 Å². The van der Waals surface area contributed by atoms with Crippen LogP contribution >= 0.6 is 0 Å². The van der Waals surface area contributed by atoms with Gasteiger partial charge in [-0.05, 0) is 128 Å². The summed E-state index contributed by atoms with van der Waals surface area (Å²) in [6.07, 6.45) is 12.2. The van der Waals surface area contributed by atoms with Gasteiger partial charge in [-0.25, -0.2) is 0 Å². The minimum atomic E-state index is -0.147. The predicted octanol–water partition coefficient (Wildman–Crippen LogP) is 7.00. The third-order valence-corrected chi connectivity index (χ3v) is 13.5. The Labute approximate surface area is 197 Å². The Bertz CT molecular complexity index is 786. The van der Waals surface area contributed by atoms with Crippen molar-refractivity contribution >= 4 is 0 Å². The van der Waals surface area contributed by atoms with Gasteiger partial charge >= 0.3 is 0 Å². The molecule has 0 amide bonds. The third kappa shape index (κ3) is 2.66.